The van der Waals surface area contributed by atoms with Crippen LogP contribution in [0.5, 0.6) is 11.5 Å². The minimum Gasteiger partial charge on any atom is -0.503 e. The number of benzene rings is 4. The van der Waals surface area contributed by atoms with E-state index in [4.69, 9.17) is 5.10 Å². The SMILES string of the molecule is CCC1(C)CCN(c2ccc(-n3nc(CCC4(C)CN(c5ccc(-n6ncc7cc(F)c(O)c(F)c76)cc5)C4)c4cc(F)c(O)c(F)c43)cc2)CC1. The lowest BCUT2D eigenvalue weighted by Gasteiger charge is -2.49. The molecule has 0 bridgehead atoms. The Balaban J connectivity index is 0.979. The number of phenols is 2. The first-order chi connectivity index (χ1) is 24.9. The molecule has 0 atom stereocenters. The summed E-state index contributed by atoms with van der Waals surface area (Å²) in [7, 11) is 0. The summed E-state index contributed by atoms with van der Waals surface area (Å²) in [5, 5.41) is 29.5. The fourth-order valence-electron chi connectivity index (χ4n) is 7.83. The summed E-state index contributed by atoms with van der Waals surface area (Å²) in [4.78, 5) is 4.57. The van der Waals surface area contributed by atoms with Crippen LogP contribution in [0.2, 0.25) is 0 Å². The highest BCUT2D eigenvalue weighted by atomic mass is 19.1. The molecule has 12 heteroatoms. The van der Waals surface area contributed by atoms with E-state index in [-0.39, 0.29) is 21.8 Å². The number of nitrogens with zero attached hydrogens (tertiary/aromatic N) is 6. The van der Waals surface area contributed by atoms with Gasteiger partial charge in [-0.15, -0.1) is 0 Å². The molecule has 4 aromatic carbocycles. The van der Waals surface area contributed by atoms with E-state index >= 15 is 4.39 Å². The van der Waals surface area contributed by atoms with Crippen molar-refractivity contribution >= 4 is 33.2 Å². The molecule has 2 aliphatic rings. The highest BCUT2D eigenvalue weighted by molar-refractivity contribution is 5.86. The predicted molar refractivity (Wildman–Crippen MR) is 194 cm³/mol. The summed E-state index contributed by atoms with van der Waals surface area (Å²) in [5.41, 5.74) is 4.08. The fraction of sp³-hybridized carbons (Fsp3) is 0.350. The summed E-state index contributed by atoms with van der Waals surface area (Å²) in [5.74, 6) is -6.23. The molecule has 52 heavy (non-hydrogen) atoms. The molecular formula is C40H40F4N6O2. The molecule has 0 spiro atoms. The van der Waals surface area contributed by atoms with Gasteiger partial charge in [-0.25, -0.2) is 26.9 Å². The maximum Gasteiger partial charge on any atom is 0.194 e. The third-order valence-electron chi connectivity index (χ3n) is 11.5. The van der Waals surface area contributed by atoms with Crippen molar-refractivity contribution in [2.45, 2.75) is 52.9 Å². The van der Waals surface area contributed by atoms with Crippen LogP contribution >= 0.6 is 0 Å². The quantitative estimate of drug-likeness (QED) is 0.154. The third kappa shape index (κ3) is 5.68. The Morgan fingerprint density at radius 3 is 1.85 bits per heavy atom. The Hall–Kier alpha value is -5.26. The molecule has 0 saturated carbocycles. The second-order valence-corrected chi connectivity index (χ2v) is 15.1. The molecule has 2 fully saturated rings. The Bertz CT molecular complexity index is 2300. The van der Waals surface area contributed by atoms with Crippen molar-refractivity contribution in [1.82, 2.24) is 19.6 Å². The molecule has 2 saturated heterocycles. The van der Waals surface area contributed by atoms with Crippen molar-refractivity contribution in [2.75, 3.05) is 36.0 Å². The second-order valence-electron chi connectivity index (χ2n) is 15.1. The van der Waals surface area contributed by atoms with Gasteiger partial charge < -0.3 is 20.0 Å². The van der Waals surface area contributed by atoms with Crippen LogP contribution in [0.4, 0.5) is 28.9 Å². The molecule has 0 aliphatic carbocycles. The van der Waals surface area contributed by atoms with Crippen molar-refractivity contribution in [2.24, 2.45) is 10.8 Å². The van der Waals surface area contributed by atoms with Crippen LogP contribution in [-0.2, 0) is 6.42 Å². The second kappa shape index (κ2) is 12.5. The van der Waals surface area contributed by atoms with Gasteiger partial charge in [0.25, 0.3) is 0 Å². The van der Waals surface area contributed by atoms with Gasteiger partial charge in [0.15, 0.2) is 34.8 Å². The number of aryl methyl sites for hydroxylation is 1. The van der Waals surface area contributed by atoms with E-state index in [0.29, 0.717) is 40.7 Å². The van der Waals surface area contributed by atoms with Crippen LogP contribution in [0.3, 0.4) is 0 Å². The summed E-state index contributed by atoms with van der Waals surface area (Å²) < 4.78 is 61.5. The van der Waals surface area contributed by atoms with E-state index < -0.39 is 34.8 Å². The van der Waals surface area contributed by atoms with Gasteiger partial charge in [-0.05, 0) is 91.8 Å². The van der Waals surface area contributed by atoms with Crippen molar-refractivity contribution < 1.29 is 27.8 Å². The highest BCUT2D eigenvalue weighted by Gasteiger charge is 2.39. The number of fused-ring (bicyclic) bond motifs is 2. The van der Waals surface area contributed by atoms with Gasteiger partial charge in [0, 0.05) is 53.7 Å². The van der Waals surface area contributed by atoms with Crippen LogP contribution in [0.15, 0.2) is 66.9 Å². The zero-order chi connectivity index (χ0) is 36.5. The van der Waals surface area contributed by atoms with E-state index in [2.05, 4.69) is 35.7 Å². The zero-order valence-corrected chi connectivity index (χ0v) is 29.3. The lowest BCUT2D eigenvalue weighted by molar-refractivity contribution is 0.223. The van der Waals surface area contributed by atoms with Crippen molar-refractivity contribution in [3.05, 3.63) is 95.8 Å². The number of anilines is 2. The van der Waals surface area contributed by atoms with E-state index in [0.717, 1.165) is 62.9 Å². The molecule has 6 aromatic rings. The smallest absolute Gasteiger partial charge is 0.194 e. The molecular weight excluding hydrogens is 672 g/mol. The molecule has 0 radical (unpaired) electrons. The van der Waals surface area contributed by atoms with E-state index in [1.807, 2.05) is 36.4 Å². The molecule has 8 nitrogen and oxygen atoms in total. The average Bonchev–Trinajstić information content (AvgIpc) is 3.73. The van der Waals surface area contributed by atoms with Crippen LogP contribution in [0.1, 0.15) is 52.1 Å². The fourth-order valence-corrected chi connectivity index (χ4v) is 7.83. The van der Waals surface area contributed by atoms with Gasteiger partial charge in [0.2, 0.25) is 0 Å². The van der Waals surface area contributed by atoms with Gasteiger partial charge in [-0.3, -0.25) is 0 Å². The summed E-state index contributed by atoms with van der Waals surface area (Å²) in [6, 6.07) is 17.4. The maximum atomic E-state index is 15.5. The number of aromatic nitrogens is 4. The number of phenolic OH excluding ortho intramolecular Hbond substituents is 2. The Morgan fingerprint density at radius 1 is 0.692 bits per heavy atom. The number of rotatable bonds is 8. The van der Waals surface area contributed by atoms with E-state index in [1.54, 1.807) is 12.1 Å². The van der Waals surface area contributed by atoms with Gasteiger partial charge in [0.05, 0.1) is 23.3 Å². The van der Waals surface area contributed by atoms with Gasteiger partial charge in [-0.1, -0.05) is 27.2 Å². The number of piperidine rings is 1. The number of hydrogen-bond acceptors (Lipinski definition) is 6. The first-order valence-corrected chi connectivity index (χ1v) is 17.7. The van der Waals surface area contributed by atoms with Crippen LogP contribution in [-0.4, -0.2) is 56.0 Å². The first kappa shape index (κ1) is 33.9. The standard InChI is InChI=1S/C40H40F4N6O2/c1-4-39(2)15-17-47(18-16-39)25-5-11-28(12-6-25)50-36-29(20-31(42)38(52)34(36)44)32(46-50)13-14-40(3)22-48(23-40)26-7-9-27(10-8-26)49-35-24(21-45-49)19-30(41)37(51)33(35)43/h5-12,19-21,51-52H,4,13-18,22-23H2,1-3H3. The molecule has 270 valence electrons. The minimum atomic E-state index is -1.07. The summed E-state index contributed by atoms with van der Waals surface area (Å²) in [6.45, 7) is 10.2. The lowest BCUT2D eigenvalue weighted by atomic mass is 9.77. The highest BCUT2D eigenvalue weighted by Crippen LogP contribution is 2.41. The van der Waals surface area contributed by atoms with Crippen LogP contribution in [0, 0.1) is 34.1 Å². The molecule has 2 aliphatic heterocycles. The van der Waals surface area contributed by atoms with Crippen molar-refractivity contribution in [1.29, 1.82) is 0 Å². The maximum absolute atomic E-state index is 15.5. The normalized spacial score (nSPS) is 16.9. The van der Waals surface area contributed by atoms with Crippen molar-refractivity contribution in [3.63, 3.8) is 0 Å². The van der Waals surface area contributed by atoms with Gasteiger partial charge >= 0.3 is 0 Å². The summed E-state index contributed by atoms with van der Waals surface area (Å²) in [6.07, 6.45) is 5.94. The lowest BCUT2D eigenvalue weighted by Crippen LogP contribution is -2.55. The van der Waals surface area contributed by atoms with Crippen LogP contribution in [0.25, 0.3) is 33.2 Å². The number of aromatic hydroxyl groups is 2. The molecule has 2 N–H and O–H groups in total. The monoisotopic (exact) mass is 712 g/mol. The Morgan fingerprint density at radius 2 is 1.23 bits per heavy atom. The van der Waals surface area contributed by atoms with Gasteiger partial charge in [0.1, 0.15) is 11.0 Å². The Kier molecular flexibility index (Phi) is 8.11. The summed E-state index contributed by atoms with van der Waals surface area (Å²) >= 11 is 0. The van der Waals surface area contributed by atoms with E-state index in [9.17, 15) is 23.4 Å². The zero-order valence-electron chi connectivity index (χ0n) is 29.3. The third-order valence-corrected chi connectivity index (χ3v) is 11.5. The molecule has 8 rings (SSSR count). The molecule has 4 heterocycles. The molecule has 0 unspecified atom stereocenters. The average molecular weight is 713 g/mol. The van der Waals surface area contributed by atoms with Crippen LogP contribution < -0.4 is 9.80 Å². The topological polar surface area (TPSA) is 82.6 Å². The Labute approximate surface area is 298 Å². The van der Waals surface area contributed by atoms with E-state index in [1.165, 1.54) is 21.6 Å². The van der Waals surface area contributed by atoms with Gasteiger partial charge in [-0.2, -0.15) is 10.2 Å². The molecule has 2 aromatic heterocycles. The molecule has 0 amide bonds. The number of halogens is 4. The van der Waals surface area contributed by atoms with Crippen molar-refractivity contribution in [3.8, 4) is 22.9 Å². The first-order valence-electron chi connectivity index (χ1n) is 17.7. The largest absolute Gasteiger partial charge is 0.503 e. The predicted octanol–water partition coefficient (Wildman–Crippen LogP) is 8.81. The number of hydrogen-bond donors (Lipinski definition) is 2. The minimum absolute atomic E-state index is 0.0119.